The van der Waals surface area contributed by atoms with Gasteiger partial charge in [0.25, 0.3) is 0 Å². The molecular formula is C18H22O5. The maximum absolute atomic E-state index is 11.8. The minimum atomic E-state index is -0.445. The van der Waals surface area contributed by atoms with Gasteiger partial charge in [0, 0.05) is 12.0 Å². The molecule has 0 radical (unpaired) electrons. The van der Waals surface area contributed by atoms with Gasteiger partial charge in [0.2, 0.25) is 0 Å². The van der Waals surface area contributed by atoms with Crippen LogP contribution in [0.4, 0.5) is 0 Å². The number of esters is 2. The van der Waals surface area contributed by atoms with Gasteiger partial charge in [-0.2, -0.15) is 0 Å². The van der Waals surface area contributed by atoms with Gasteiger partial charge in [-0.1, -0.05) is 6.92 Å². The first-order valence-electron chi connectivity index (χ1n) is 7.94. The molecule has 2 atom stereocenters. The Balaban J connectivity index is 1.94. The van der Waals surface area contributed by atoms with Crippen LogP contribution >= 0.6 is 0 Å². The molecule has 0 unspecified atom stereocenters. The van der Waals surface area contributed by atoms with E-state index in [1.807, 2.05) is 13.8 Å². The molecular weight excluding hydrogens is 296 g/mol. The molecule has 5 heteroatoms. The summed E-state index contributed by atoms with van der Waals surface area (Å²) >= 11 is 0. The highest BCUT2D eigenvalue weighted by atomic mass is 16.6. The minimum Gasteiger partial charge on any atom is -0.496 e. The van der Waals surface area contributed by atoms with E-state index in [2.05, 4.69) is 6.92 Å². The molecule has 0 bridgehead atoms. The van der Waals surface area contributed by atoms with Gasteiger partial charge in [-0.05, 0) is 49.8 Å². The van der Waals surface area contributed by atoms with Gasteiger partial charge in [-0.3, -0.25) is 4.79 Å². The van der Waals surface area contributed by atoms with Gasteiger partial charge in [0.15, 0.2) is 0 Å². The lowest BCUT2D eigenvalue weighted by atomic mass is 9.81. The number of hydrogen-bond acceptors (Lipinski definition) is 5. The highest BCUT2D eigenvalue weighted by molar-refractivity contribution is 5.94. The predicted octanol–water partition coefficient (Wildman–Crippen LogP) is 2.95. The van der Waals surface area contributed by atoms with Gasteiger partial charge in [-0.25, -0.2) is 4.79 Å². The van der Waals surface area contributed by atoms with E-state index in [0.29, 0.717) is 24.3 Å². The van der Waals surface area contributed by atoms with Crippen LogP contribution in [0.2, 0.25) is 0 Å². The normalized spacial score (nSPS) is 24.2. The number of fused-ring (bicyclic) bond motifs is 1. The fourth-order valence-electron chi connectivity index (χ4n) is 3.48. The molecule has 0 aliphatic carbocycles. The Hall–Kier alpha value is -2.04. The van der Waals surface area contributed by atoms with Gasteiger partial charge < -0.3 is 14.2 Å². The Labute approximate surface area is 135 Å². The van der Waals surface area contributed by atoms with Crippen molar-refractivity contribution in [3.63, 3.8) is 0 Å². The van der Waals surface area contributed by atoms with E-state index in [1.54, 1.807) is 13.2 Å². The summed E-state index contributed by atoms with van der Waals surface area (Å²) in [6.45, 7) is 6.39. The minimum absolute atomic E-state index is 0.129. The van der Waals surface area contributed by atoms with E-state index < -0.39 is 5.60 Å². The number of methoxy groups -OCH3 is 1. The zero-order valence-electron chi connectivity index (χ0n) is 14.0. The van der Waals surface area contributed by atoms with Crippen molar-refractivity contribution in [3.8, 4) is 5.75 Å². The molecule has 1 aromatic carbocycles. The van der Waals surface area contributed by atoms with Crippen LogP contribution in [0.5, 0.6) is 5.75 Å². The molecule has 1 fully saturated rings. The Bertz CT molecular complexity index is 678. The Morgan fingerprint density at radius 2 is 2.13 bits per heavy atom. The monoisotopic (exact) mass is 318 g/mol. The molecule has 1 aromatic rings. The molecule has 124 valence electrons. The smallest absolute Gasteiger partial charge is 0.339 e. The SMILES string of the molecule is COc1cc2c(c(C)c1C[C@H](C)[C@]1(C)CCC(=O)O1)COC2=O. The second-order valence-electron chi connectivity index (χ2n) is 6.68. The van der Waals surface area contributed by atoms with Crippen LogP contribution in [-0.2, 0) is 27.3 Å². The largest absolute Gasteiger partial charge is 0.496 e. The zero-order valence-corrected chi connectivity index (χ0v) is 14.0. The van der Waals surface area contributed by atoms with Crippen molar-refractivity contribution in [2.75, 3.05) is 7.11 Å². The lowest BCUT2D eigenvalue weighted by Gasteiger charge is -2.31. The first kappa shape index (κ1) is 15.8. The number of ether oxygens (including phenoxy) is 3. The van der Waals surface area contributed by atoms with Crippen molar-refractivity contribution in [2.45, 2.75) is 52.2 Å². The van der Waals surface area contributed by atoms with Crippen molar-refractivity contribution in [2.24, 2.45) is 5.92 Å². The van der Waals surface area contributed by atoms with E-state index in [0.717, 1.165) is 29.5 Å². The second kappa shape index (κ2) is 5.55. The highest BCUT2D eigenvalue weighted by Crippen LogP contribution is 2.39. The van der Waals surface area contributed by atoms with E-state index in [4.69, 9.17) is 14.2 Å². The second-order valence-corrected chi connectivity index (χ2v) is 6.68. The zero-order chi connectivity index (χ0) is 16.8. The molecule has 2 heterocycles. The van der Waals surface area contributed by atoms with Gasteiger partial charge in [0.1, 0.15) is 18.0 Å². The summed E-state index contributed by atoms with van der Waals surface area (Å²) in [5.41, 5.74) is 3.17. The summed E-state index contributed by atoms with van der Waals surface area (Å²) in [7, 11) is 1.60. The highest BCUT2D eigenvalue weighted by Gasteiger charge is 2.41. The summed E-state index contributed by atoms with van der Waals surface area (Å²) < 4.78 is 16.2. The molecule has 2 aliphatic heterocycles. The molecule has 0 spiro atoms. The quantitative estimate of drug-likeness (QED) is 0.799. The fourth-order valence-corrected chi connectivity index (χ4v) is 3.48. The Kier molecular flexibility index (Phi) is 3.82. The first-order chi connectivity index (χ1) is 10.9. The van der Waals surface area contributed by atoms with Gasteiger partial charge >= 0.3 is 11.9 Å². The first-order valence-corrected chi connectivity index (χ1v) is 7.94. The number of benzene rings is 1. The Morgan fingerprint density at radius 1 is 1.39 bits per heavy atom. The van der Waals surface area contributed by atoms with Crippen LogP contribution in [-0.4, -0.2) is 24.6 Å². The lowest BCUT2D eigenvalue weighted by molar-refractivity contribution is -0.150. The standard InChI is InChI=1S/C18H22O5/c1-10(18(3)6-5-16(19)23-18)7-12-11(2)14-9-22-17(20)13(14)8-15(12)21-4/h8,10H,5-7,9H2,1-4H3/t10-,18-/m0/s1. The van der Waals surface area contributed by atoms with Crippen molar-refractivity contribution >= 4 is 11.9 Å². The average molecular weight is 318 g/mol. The molecule has 0 amide bonds. The number of rotatable bonds is 4. The summed E-state index contributed by atoms with van der Waals surface area (Å²) in [4.78, 5) is 23.3. The molecule has 1 saturated heterocycles. The van der Waals surface area contributed by atoms with Crippen LogP contribution in [0.25, 0.3) is 0 Å². The summed E-state index contributed by atoms with van der Waals surface area (Å²) in [5.74, 6) is 0.422. The maximum atomic E-state index is 11.8. The van der Waals surface area contributed by atoms with Crippen molar-refractivity contribution in [3.05, 3.63) is 28.3 Å². The van der Waals surface area contributed by atoms with Crippen molar-refractivity contribution in [1.29, 1.82) is 0 Å². The van der Waals surface area contributed by atoms with Crippen LogP contribution in [0, 0.1) is 12.8 Å². The molecule has 0 aromatic heterocycles. The topological polar surface area (TPSA) is 61.8 Å². The summed E-state index contributed by atoms with van der Waals surface area (Å²) in [6, 6.07) is 1.77. The van der Waals surface area contributed by atoms with E-state index in [1.165, 1.54) is 0 Å². The Morgan fingerprint density at radius 3 is 2.74 bits per heavy atom. The third-order valence-corrected chi connectivity index (χ3v) is 5.32. The fraction of sp³-hybridized carbons (Fsp3) is 0.556. The summed E-state index contributed by atoms with van der Waals surface area (Å²) in [5, 5.41) is 0. The summed E-state index contributed by atoms with van der Waals surface area (Å²) in [6.07, 6.45) is 1.94. The third kappa shape index (κ3) is 2.58. The van der Waals surface area contributed by atoms with E-state index in [9.17, 15) is 9.59 Å². The van der Waals surface area contributed by atoms with Gasteiger partial charge in [0.05, 0.1) is 12.7 Å². The molecule has 0 saturated carbocycles. The predicted molar refractivity (Wildman–Crippen MR) is 83.4 cm³/mol. The molecule has 23 heavy (non-hydrogen) atoms. The lowest BCUT2D eigenvalue weighted by Crippen LogP contribution is -2.34. The number of cyclic esters (lactones) is 2. The van der Waals surface area contributed by atoms with Crippen LogP contribution in [0.15, 0.2) is 6.07 Å². The maximum Gasteiger partial charge on any atom is 0.339 e. The van der Waals surface area contributed by atoms with E-state index >= 15 is 0 Å². The number of carbonyl (C=O) groups is 2. The average Bonchev–Trinajstić information content (AvgIpc) is 3.06. The molecule has 3 rings (SSSR count). The van der Waals surface area contributed by atoms with Gasteiger partial charge in [-0.15, -0.1) is 0 Å². The van der Waals surface area contributed by atoms with Crippen LogP contribution in [0.3, 0.4) is 0 Å². The van der Waals surface area contributed by atoms with Crippen molar-refractivity contribution < 1.29 is 23.8 Å². The van der Waals surface area contributed by atoms with Crippen LogP contribution < -0.4 is 4.74 Å². The number of hydrogen-bond donors (Lipinski definition) is 0. The molecule has 2 aliphatic rings. The van der Waals surface area contributed by atoms with Crippen LogP contribution in [0.1, 0.15) is 53.7 Å². The number of carbonyl (C=O) groups excluding carboxylic acids is 2. The third-order valence-electron chi connectivity index (χ3n) is 5.32. The van der Waals surface area contributed by atoms with Crippen molar-refractivity contribution in [1.82, 2.24) is 0 Å². The molecule has 5 nitrogen and oxygen atoms in total. The molecule has 0 N–H and O–H groups in total. The van der Waals surface area contributed by atoms with E-state index in [-0.39, 0.29) is 17.9 Å².